The van der Waals surface area contributed by atoms with E-state index in [1.165, 1.54) is 25.3 Å². The Labute approximate surface area is 130 Å². The zero-order valence-corrected chi connectivity index (χ0v) is 12.6. The highest BCUT2D eigenvalue weighted by atomic mass is 32.2. The normalized spacial score (nSPS) is 12.2. The SMILES string of the molecule is COCc1cccc(S(=O)(=O)Nc2ccc(C(F)(F)F)nn2)c1. The lowest BCUT2D eigenvalue weighted by Crippen LogP contribution is -2.16. The van der Waals surface area contributed by atoms with Crippen molar-refractivity contribution in [1.29, 1.82) is 0 Å². The van der Waals surface area contributed by atoms with E-state index < -0.39 is 21.9 Å². The molecule has 0 atom stereocenters. The maximum Gasteiger partial charge on any atom is 0.435 e. The summed E-state index contributed by atoms with van der Waals surface area (Å²) in [5.74, 6) is -0.310. The van der Waals surface area contributed by atoms with E-state index in [-0.39, 0.29) is 17.3 Å². The highest BCUT2D eigenvalue weighted by molar-refractivity contribution is 7.92. The van der Waals surface area contributed by atoms with E-state index in [4.69, 9.17) is 4.74 Å². The fourth-order valence-corrected chi connectivity index (χ4v) is 2.77. The van der Waals surface area contributed by atoms with Crippen LogP contribution in [0.2, 0.25) is 0 Å². The average molecular weight is 347 g/mol. The standard InChI is InChI=1S/C13H12F3N3O3S/c1-22-8-9-3-2-4-10(7-9)23(20,21)19-12-6-5-11(17-18-12)13(14,15)16/h2-7H,8H2,1H3,(H,18,19). The van der Waals surface area contributed by atoms with Crippen LogP contribution in [0, 0.1) is 0 Å². The predicted octanol–water partition coefficient (Wildman–Crippen LogP) is 2.44. The summed E-state index contributed by atoms with van der Waals surface area (Å²) in [4.78, 5) is -0.0613. The van der Waals surface area contributed by atoms with E-state index in [1.807, 2.05) is 0 Å². The molecule has 1 aromatic heterocycles. The third-order valence-corrected chi connectivity index (χ3v) is 4.07. The minimum absolute atomic E-state index is 0.0613. The van der Waals surface area contributed by atoms with Crippen molar-refractivity contribution >= 4 is 15.8 Å². The Balaban J connectivity index is 2.23. The molecule has 0 aliphatic heterocycles. The number of aromatic nitrogens is 2. The third-order valence-electron chi connectivity index (χ3n) is 2.71. The summed E-state index contributed by atoms with van der Waals surface area (Å²) in [6.45, 7) is 0.226. The lowest BCUT2D eigenvalue weighted by molar-refractivity contribution is -0.141. The zero-order chi connectivity index (χ0) is 17.1. The van der Waals surface area contributed by atoms with Crippen LogP contribution in [-0.2, 0) is 27.5 Å². The number of hydrogen-bond acceptors (Lipinski definition) is 5. The molecule has 0 radical (unpaired) electrons. The largest absolute Gasteiger partial charge is 0.435 e. The minimum atomic E-state index is -4.64. The van der Waals surface area contributed by atoms with Crippen LogP contribution in [0.15, 0.2) is 41.3 Å². The van der Waals surface area contributed by atoms with Gasteiger partial charge in [-0.1, -0.05) is 12.1 Å². The first-order chi connectivity index (χ1) is 10.7. The van der Waals surface area contributed by atoms with Gasteiger partial charge in [-0.25, -0.2) is 8.42 Å². The lowest BCUT2D eigenvalue weighted by Gasteiger charge is -2.09. The molecule has 2 aromatic rings. The highest BCUT2D eigenvalue weighted by Crippen LogP contribution is 2.27. The molecule has 0 unspecified atom stereocenters. The van der Waals surface area contributed by atoms with Crippen molar-refractivity contribution < 1.29 is 26.3 Å². The van der Waals surface area contributed by atoms with E-state index >= 15 is 0 Å². The Hall–Kier alpha value is -2.20. The van der Waals surface area contributed by atoms with Gasteiger partial charge in [0.15, 0.2) is 11.5 Å². The smallest absolute Gasteiger partial charge is 0.380 e. The van der Waals surface area contributed by atoms with Gasteiger partial charge in [0, 0.05) is 7.11 Å². The van der Waals surface area contributed by atoms with E-state index in [9.17, 15) is 21.6 Å². The maximum absolute atomic E-state index is 12.4. The van der Waals surface area contributed by atoms with Crippen molar-refractivity contribution in [3.05, 3.63) is 47.7 Å². The molecule has 0 aliphatic carbocycles. The van der Waals surface area contributed by atoms with Crippen molar-refractivity contribution in [2.24, 2.45) is 0 Å². The van der Waals surface area contributed by atoms with Crippen molar-refractivity contribution in [3.63, 3.8) is 0 Å². The van der Waals surface area contributed by atoms with Gasteiger partial charge in [0.25, 0.3) is 10.0 Å². The van der Waals surface area contributed by atoms with Gasteiger partial charge < -0.3 is 4.74 Å². The number of nitrogens with one attached hydrogen (secondary N) is 1. The van der Waals surface area contributed by atoms with Crippen LogP contribution in [0.3, 0.4) is 0 Å². The first-order valence-corrected chi connectivity index (χ1v) is 7.72. The van der Waals surface area contributed by atoms with Crippen molar-refractivity contribution in [3.8, 4) is 0 Å². The van der Waals surface area contributed by atoms with Crippen LogP contribution in [0.5, 0.6) is 0 Å². The molecule has 0 bridgehead atoms. The molecule has 1 heterocycles. The number of ether oxygens (including phenoxy) is 1. The van der Waals surface area contributed by atoms with E-state index in [0.29, 0.717) is 11.6 Å². The van der Waals surface area contributed by atoms with Crippen molar-refractivity contribution in [1.82, 2.24) is 10.2 Å². The summed E-state index contributed by atoms with van der Waals surface area (Å²) in [5, 5.41) is 6.18. The van der Waals surface area contributed by atoms with Crippen LogP contribution in [-0.4, -0.2) is 25.7 Å². The van der Waals surface area contributed by atoms with Crippen molar-refractivity contribution in [2.45, 2.75) is 17.7 Å². The van der Waals surface area contributed by atoms with Crippen LogP contribution in [0.1, 0.15) is 11.3 Å². The molecule has 0 saturated heterocycles. The molecule has 0 saturated carbocycles. The molecular formula is C13H12F3N3O3S. The van der Waals surface area contributed by atoms with Gasteiger partial charge in [0.05, 0.1) is 11.5 Å². The van der Waals surface area contributed by atoms with Crippen LogP contribution in [0.4, 0.5) is 19.0 Å². The summed E-state index contributed by atoms with van der Waals surface area (Å²) >= 11 is 0. The van der Waals surface area contributed by atoms with Crippen LogP contribution >= 0.6 is 0 Å². The minimum Gasteiger partial charge on any atom is -0.380 e. The Kier molecular flexibility index (Phi) is 4.85. The van der Waals surface area contributed by atoms with Gasteiger partial charge in [-0.2, -0.15) is 13.2 Å². The molecule has 0 fully saturated rings. The Morgan fingerprint density at radius 2 is 1.91 bits per heavy atom. The summed E-state index contributed by atoms with van der Waals surface area (Å²) in [7, 11) is -2.52. The van der Waals surface area contributed by atoms with Gasteiger partial charge in [-0.15, -0.1) is 10.2 Å². The lowest BCUT2D eigenvalue weighted by atomic mass is 10.2. The first kappa shape index (κ1) is 17.2. The second-order valence-corrected chi connectivity index (χ2v) is 6.17. The number of nitrogens with zero attached hydrogens (tertiary/aromatic N) is 2. The second kappa shape index (κ2) is 6.50. The molecule has 124 valence electrons. The summed E-state index contributed by atoms with van der Waals surface area (Å²) < 4.78 is 68.5. The summed E-state index contributed by atoms with van der Waals surface area (Å²) in [5.41, 5.74) is -0.573. The number of anilines is 1. The first-order valence-electron chi connectivity index (χ1n) is 6.24. The van der Waals surface area contributed by atoms with E-state index in [1.54, 1.807) is 6.07 Å². The number of benzene rings is 1. The van der Waals surface area contributed by atoms with Gasteiger partial charge in [0.2, 0.25) is 0 Å². The Morgan fingerprint density at radius 1 is 1.17 bits per heavy atom. The molecule has 0 spiro atoms. The highest BCUT2D eigenvalue weighted by Gasteiger charge is 2.33. The van der Waals surface area contributed by atoms with Gasteiger partial charge in [0.1, 0.15) is 0 Å². The molecule has 1 aromatic carbocycles. The topological polar surface area (TPSA) is 81.2 Å². The number of methoxy groups -OCH3 is 1. The van der Waals surface area contributed by atoms with Crippen molar-refractivity contribution in [2.75, 3.05) is 11.8 Å². The molecule has 2 rings (SSSR count). The van der Waals surface area contributed by atoms with Crippen LogP contribution in [0.25, 0.3) is 0 Å². The fraction of sp³-hybridized carbons (Fsp3) is 0.231. The zero-order valence-electron chi connectivity index (χ0n) is 11.8. The second-order valence-electron chi connectivity index (χ2n) is 4.49. The quantitative estimate of drug-likeness (QED) is 0.898. The molecule has 0 amide bonds. The summed E-state index contributed by atoms with van der Waals surface area (Å²) in [6, 6.07) is 7.49. The van der Waals surface area contributed by atoms with Gasteiger partial charge in [-0.05, 0) is 29.8 Å². The molecule has 0 aliphatic rings. The van der Waals surface area contributed by atoms with Gasteiger partial charge in [-0.3, -0.25) is 4.72 Å². The van der Waals surface area contributed by atoms with Gasteiger partial charge >= 0.3 is 6.18 Å². The molecule has 1 N–H and O–H groups in total. The number of hydrogen-bond donors (Lipinski definition) is 1. The average Bonchev–Trinajstić information content (AvgIpc) is 2.47. The van der Waals surface area contributed by atoms with E-state index in [2.05, 4.69) is 14.9 Å². The Morgan fingerprint density at radius 3 is 2.48 bits per heavy atom. The molecule has 23 heavy (non-hydrogen) atoms. The van der Waals surface area contributed by atoms with Crippen LogP contribution < -0.4 is 4.72 Å². The number of alkyl halides is 3. The number of rotatable bonds is 5. The molecule has 10 heteroatoms. The number of halogens is 3. The third kappa shape index (κ3) is 4.39. The summed E-state index contributed by atoms with van der Waals surface area (Å²) in [6.07, 6.45) is -4.64. The molecular weight excluding hydrogens is 335 g/mol. The Bertz CT molecular complexity index is 777. The van der Waals surface area contributed by atoms with E-state index in [0.717, 1.165) is 6.07 Å². The molecule has 6 nitrogen and oxygen atoms in total. The monoisotopic (exact) mass is 347 g/mol. The predicted molar refractivity (Wildman–Crippen MR) is 75.0 cm³/mol. The fourth-order valence-electron chi connectivity index (χ4n) is 1.70. The maximum atomic E-state index is 12.4. The number of sulfonamides is 1.